The minimum Gasteiger partial charge on any atom is -0.489 e. The molecule has 0 aromatic heterocycles. The van der Waals surface area contributed by atoms with Gasteiger partial charge in [0.25, 0.3) is 5.91 Å². The summed E-state index contributed by atoms with van der Waals surface area (Å²) >= 11 is 0. The molecule has 3 aromatic carbocycles. The van der Waals surface area contributed by atoms with Crippen LogP contribution in [0.5, 0.6) is 5.75 Å². The predicted octanol–water partition coefficient (Wildman–Crippen LogP) is 4.44. The molecule has 2 saturated heterocycles. The fourth-order valence-corrected chi connectivity index (χ4v) is 5.28. The summed E-state index contributed by atoms with van der Waals surface area (Å²) in [6.45, 7) is 2.91. The fraction of sp³-hybridized carbons (Fsp3) is 0.310. The molecule has 6 nitrogen and oxygen atoms in total. The maximum Gasteiger partial charge on any atom is 0.322 e. The maximum absolute atomic E-state index is 14.4. The molecule has 3 aromatic rings. The van der Waals surface area contributed by atoms with Crippen LogP contribution in [0.3, 0.4) is 0 Å². The normalized spacial score (nSPS) is 20.7. The molecule has 2 aliphatic rings. The monoisotopic (exact) mass is 487 g/mol. The van der Waals surface area contributed by atoms with Crippen molar-refractivity contribution >= 4 is 11.9 Å². The number of nitrogens with zero attached hydrogens (tertiary/aromatic N) is 1. The Hall–Kier alpha value is -3.71. The van der Waals surface area contributed by atoms with Crippen molar-refractivity contribution in [2.75, 3.05) is 13.1 Å². The number of piperidine rings is 1. The molecule has 0 spiro atoms. The highest BCUT2D eigenvalue weighted by atomic mass is 19.1. The highest BCUT2D eigenvalue weighted by Gasteiger charge is 2.52. The summed E-state index contributed by atoms with van der Waals surface area (Å²) in [5, 5.41) is 5.24. The molecule has 2 fully saturated rings. The second-order valence-corrected chi connectivity index (χ2v) is 9.62. The number of ether oxygens (including phenoxy) is 1. The largest absolute Gasteiger partial charge is 0.489 e. The lowest BCUT2D eigenvalue weighted by Crippen LogP contribution is -2.57. The molecule has 1 atom stereocenters. The molecule has 5 rings (SSSR count). The van der Waals surface area contributed by atoms with Gasteiger partial charge in [-0.3, -0.25) is 15.0 Å². The van der Waals surface area contributed by atoms with Gasteiger partial charge in [-0.1, -0.05) is 60.7 Å². The second-order valence-electron chi connectivity index (χ2n) is 9.62. The summed E-state index contributed by atoms with van der Waals surface area (Å²) in [6.07, 6.45) is 1.62. The zero-order valence-electron chi connectivity index (χ0n) is 20.1. The van der Waals surface area contributed by atoms with Gasteiger partial charge in [-0.15, -0.1) is 0 Å². The number of carbonyl (C=O) groups is 2. The molecule has 36 heavy (non-hydrogen) atoms. The van der Waals surface area contributed by atoms with Crippen molar-refractivity contribution in [2.24, 2.45) is 5.92 Å². The number of amides is 3. The summed E-state index contributed by atoms with van der Waals surface area (Å²) in [5.41, 5.74) is 1.63. The molecule has 3 amide bonds. The summed E-state index contributed by atoms with van der Waals surface area (Å²) < 4.78 is 20.3. The zero-order valence-corrected chi connectivity index (χ0v) is 20.1. The van der Waals surface area contributed by atoms with Crippen molar-refractivity contribution in [2.45, 2.75) is 38.0 Å². The highest BCUT2D eigenvalue weighted by Crippen LogP contribution is 2.35. The van der Waals surface area contributed by atoms with Gasteiger partial charge in [0.15, 0.2) is 0 Å². The van der Waals surface area contributed by atoms with Gasteiger partial charge in [0.05, 0.1) is 0 Å². The van der Waals surface area contributed by atoms with E-state index in [0.717, 1.165) is 43.8 Å². The van der Waals surface area contributed by atoms with Gasteiger partial charge in [0.2, 0.25) is 0 Å². The van der Waals surface area contributed by atoms with E-state index < -0.39 is 11.6 Å². The molecular weight excluding hydrogens is 457 g/mol. The first-order valence-electron chi connectivity index (χ1n) is 12.4. The van der Waals surface area contributed by atoms with Crippen molar-refractivity contribution < 1.29 is 18.7 Å². The van der Waals surface area contributed by atoms with E-state index >= 15 is 0 Å². The third kappa shape index (κ3) is 5.26. The Morgan fingerprint density at radius 1 is 0.889 bits per heavy atom. The lowest BCUT2D eigenvalue weighted by molar-refractivity contribution is -0.126. The Morgan fingerprint density at radius 2 is 1.58 bits per heavy atom. The van der Waals surface area contributed by atoms with Crippen molar-refractivity contribution in [1.29, 1.82) is 0 Å². The smallest absolute Gasteiger partial charge is 0.322 e. The number of nitrogens with one attached hydrogen (secondary N) is 2. The molecule has 0 saturated carbocycles. The fourth-order valence-electron chi connectivity index (χ4n) is 5.28. The van der Waals surface area contributed by atoms with Crippen LogP contribution in [-0.2, 0) is 24.4 Å². The summed E-state index contributed by atoms with van der Waals surface area (Å²) in [6, 6.07) is 24.2. The van der Waals surface area contributed by atoms with Gasteiger partial charge in [-0.05, 0) is 66.7 Å². The third-order valence-electron chi connectivity index (χ3n) is 7.26. The molecule has 0 radical (unpaired) electrons. The van der Waals surface area contributed by atoms with E-state index in [9.17, 15) is 14.0 Å². The van der Waals surface area contributed by atoms with Crippen LogP contribution in [0.1, 0.15) is 29.5 Å². The van der Waals surface area contributed by atoms with Gasteiger partial charge in [0, 0.05) is 13.0 Å². The van der Waals surface area contributed by atoms with E-state index in [4.69, 9.17) is 4.74 Å². The van der Waals surface area contributed by atoms with Crippen molar-refractivity contribution in [3.05, 3.63) is 101 Å². The Bertz CT molecular complexity index is 1210. The first-order valence-corrected chi connectivity index (χ1v) is 12.4. The van der Waals surface area contributed by atoms with Crippen LogP contribution in [0.15, 0.2) is 78.9 Å². The topological polar surface area (TPSA) is 70.7 Å². The van der Waals surface area contributed by atoms with Crippen LogP contribution in [0, 0.1) is 11.7 Å². The lowest BCUT2D eigenvalue weighted by atomic mass is 9.74. The van der Waals surface area contributed by atoms with Crippen LogP contribution in [0.25, 0.3) is 0 Å². The lowest BCUT2D eigenvalue weighted by Gasteiger charge is -2.40. The van der Waals surface area contributed by atoms with Crippen LogP contribution in [0.2, 0.25) is 0 Å². The first kappa shape index (κ1) is 24.0. The molecule has 0 unspecified atom stereocenters. The second kappa shape index (κ2) is 10.5. The number of hydrogen-bond donors (Lipinski definition) is 2. The van der Waals surface area contributed by atoms with Crippen LogP contribution < -0.4 is 15.4 Å². The van der Waals surface area contributed by atoms with Crippen LogP contribution >= 0.6 is 0 Å². The molecular formula is C29H30FN3O3. The molecule has 186 valence electrons. The molecule has 0 bridgehead atoms. The predicted molar refractivity (Wildman–Crippen MR) is 135 cm³/mol. The van der Waals surface area contributed by atoms with Crippen molar-refractivity contribution in [3.63, 3.8) is 0 Å². The summed E-state index contributed by atoms with van der Waals surface area (Å²) in [4.78, 5) is 27.4. The van der Waals surface area contributed by atoms with Crippen molar-refractivity contribution in [1.82, 2.24) is 15.5 Å². The van der Waals surface area contributed by atoms with E-state index in [2.05, 4.69) is 27.7 Å². The number of rotatable bonds is 8. The number of likely N-dealkylation sites (tertiary alicyclic amines) is 1. The quantitative estimate of drug-likeness (QED) is 0.461. The number of hydrogen-bond acceptors (Lipinski definition) is 4. The zero-order chi connectivity index (χ0) is 25.0. The molecule has 2 N–H and O–H groups in total. The molecule has 2 aliphatic heterocycles. The Kier molecular flexibility index (Phi) is 7.00. The number of benzene rings is 3. The van der Waals surface area contributed by atoms with Crippen molar-refractivity contribution in [3.8, 4) is 5.75 Å². The minimum absolute atomic E-state index is 0.0754. The molecule has 7 heteroatoms. The van der Waals surface area contributed by atoms with Crippen LogP contribution in [-0.4, -0.2) is 35.5 Å². The number of imide groups is 1. The Morgan fingerprint density at radius 3 is 2.25 bits per heavy atom. The van der Waals surface area contributed by atoms with E-state index in [1.54, 1.807) is 18.2 Å². The summed E-state index contributed by atoms with van der Waals surface area (Å²) in [7, 11) is 0. The average Bonchev–Trinajstić information content (AvgIpc) is 3.19. The van der Waals surface area contributed by atoms with E-state index in [0.29, 0.717) is 12.2 Å². The molecule has 2 heterocycles. The van der Waals surface area contributed by atoms with E-state index in [-0.39, 0.29) is 24.1 Å². The van der Waals surface area contributed by atoms with Gasteiger partial charge in [-0.25, -0.2) is 9.18 Å². The van der Waals surface area contributed by atoms with Gasteiger partial charge in [-0.2, -0.15) is 0 Å². The minimum atomic E-state index is -1.12. The van der Waals surface area contributed by atoms with Gasteiger partial charge >= 0.3 is 6.03 Å². The number of urea groups is 1. The third-order valence-corrected chi connectivity index (χ3v) is 7.26. The van der Waals surface area contributed by atoms with E-state index in [1.165, 1.54) is 11.6 Å². The number of carbonyl (C=O) groups excluding carboxylic acids is 2. The maximum atomic E-state index is 14.4. The van der Waals surface area contributed by atoms with Gasteiger partial charge in [0.1, 0.15) is 23.7 Å². The Labute approximate surface area is 210 Å². The molecule has 0 aliphatic carbocycles. The first-order chi connectivity index (χ1) is 17.5. The standard InChI is InChI=1S/C29H30FN3O3/c30-26-9-5-4-8-23(26)18-29(27(34)31-28(35)32-29)24-14-16-33(17-15-24)19-21-10-12-25(13-11-21)36-20-22-6-2-1-3-7-22/h1-13,24H,14-20H2,(H2,31,32,34,35)/t29-/m0/s1. The highest BCUT2D eigenvalue weighted by molar-refractivity contribution is 6.07. The average molecular weight is 488 g/mol. The van der Waals surface area contributed by atoms with Gasteiger partial charge < -0.3 is 10.1 Å². The van der Waals surface area contributed by atoms with E-state index in [1.807, 2.05) is 42.5 Å². The van der Waals surface area contributed by atoms with Crippen LogP contribution in [0.4, 0.5) is 9.18 Å². The summed E-state index contributed by atoms with van der Waals surface area (Å²) in [5.74, 6) is 0.0349. The SMILES string of the molecule is O=C1NC(=O)[C@](Cc2ccccc2F)(C2CCN(Cc3ccc(OCc4ccccc4)cc3)CC2)N1. The Balaban J connectivity index is 1.19. The number of halogens is 1.